The number of pyridine rings is 1. The van der Waals surface area contributed by atoms with Crippen LogP contribution in [0.25, 0.3) is 16.6 Å². The number of amides is 1. The molecule has 0 aliphatic carbocycles. The monoisotopic (exact) mass is 417 g/mol. The summed E-state index contributed by atoms with van der Waals surface area (Å²) in [6.45, 7) is 4.51. The van der Waals surface area contributed by atoms with E-state index >= 15 is 0 Å². The Morgan fingerprint density at radius 1 is 1.19 bits per heavy atom. The van der Waals surface area contributed by atoms with Crippen molar-refractivity contribution in [1.82, 2.24) is 24.5 Å². The van der Waals surface area contributed by atoms with Crippen LogP contribution in [0.5, 0.6) is 5.75 Å². The summed E-state index contributed by atoms with van der Waals surface area (Å²) in [5, 5.41) is 16.1. The average molecular weight is 417 g/mol. The van der Waals surface area contributed by atoms with Gasteiger partial charge in [-0.25, -0.2) is 9.50 Å². The molecule has 1 saturated heterocycles. The van der Waals surface area contributed by atoms with E-state index in [0.717, 1.165) is 22.3 Å². The van der Waals surface area contributed by atoms with Gasteiger partial charge in [0.1, 0.15) is 18.0 Å². The van der Waals surface area contributed by atoms with Gasteiger partial charge in [0.25, 0.3) is 5.91 Å². The van der Waals surface area contributed by atoms with Crippen LogP contribution < -0.4 is 4.74 Å². The third-order valence-electron chi connectivity index (χ3n) is 5.62. The molecule has 4 aromatic rings. The van der Waals surface area contributed by atoms with Crippen molar-refractivity contribution < 1.29 is 14.6 Å². The number of hydrogen-bond acceptors (Lipinski definition) is 6. The molecule has 0 saturated carbocycles. The van der Waals surface area contributed by atoms with Crippen LogP contribution >= 0.6 is 0 Å². The molecule has 3 aromatic heterocycles. The highest BCUT2D eigenvalue weighted by Crippen LogP contribution is 2.24. The summed E-state index contributed by atoms with van der Waals surface area (Å²) in [4.78, 5) is 23.4. The number of nitrogens with zero attached hydrogens (tertiary/aromatic N) is 5. The van der Waals surface area contributed by atoms with E-state index in [2.05, 4.69) is 15.1 Å². The maximum atomic E-state index is 13.0. The van der Waals surface area contributed by atoms with Gasteiger partial charge in [0.2, 0.25) is 0 Å². The second-order valence-electron chi connectivity index (χ2n) is 7.96. The number of likely N-dealkylation sites (tertiary alicyclic amines) is 1. The first-order valence-electron chi connectivity index (χ1n) is 10.3. The molecule has 1 aliphatic heterocycles. The summed E-state index contributed by atoms with van der Waals surface area (Å²) < 4.78 is 7.71. The Bertz CT molecular complexity index is 1280. The number of aliphatic hydroxyl groups excluding tert-OH is 1. The lowest BCUT2D eigenvalue weighted by Crippen LogP contribution is -2.51. The van der Waals surface area contributed by atoms with Crippen molar-refractivity contribution >= 4 is 22.5 Å². The molecule has 8 nitrogen and oxygen atoms in total. The number of aryl methyl sites for hydroxylation is 2. The van der Waals surface area contributed by atoms with Crippen LogP contribution in [0, 0.1) is 13.8 Å². The van der Waals surface area contributed by atoms with Gasteiger partial charge in [-0.05, 0) is 44.2 Å². The normalized spacial score (nSPS) is 19.1. The van der Waals surface area contributed by atoms with Gasteiger partial charge < -0.3 is 14.7 Å². The maximum absolute atomic E-state index is 13.0. The highest BCUT2D eigenvalue weighted by molar-refractivity contribution is 5.93. The average Bonchev–Trinajstić information content (AvgIpc) is 3.19. The van der Waals surface area contributed by atoms with Crippen molar-refractivity contribution in [2.24, 2.45) is 0 Å². The molecule has 4 heterocycles. The molecule has 2 atom stereocenters. The van der Waals surface area contributed by atoms with Crippen molar-refractivity contribution in [3.63, 3.8) is 0 Å². The van der Waals surface area contributed by atoms with Gasteiger partial charge in [0.15, 0.2) is 11.3 Å². The van der Waals surface area contributed by atoms with E-state index in [1.54, 1.807) is 21.7 Å². The number of aromatic nitrogens is 4. The smallest absolute Gasteiger partial charge is 0.274 e. The fourth-order valence-electron chi connectivity index (χ4n) is 4.09. The van der Waals surface area contributed by atoms with E-state index < -0.39 is 6.10 Å². The molecule has 0 unspecified atom stereocenters. The quantitative estimate of drug-likeness (QED) is 0.551. The maximum Gasteiger partial charge on any atom is 0.274 e. The summed E-state index contributed by atoms with van der Waals surface area (Å²) in [6.07, 6.45) is 1.11. The number of aliphatic hydroxyl groups is 1. The number of carbonyl (C=O) groups is 1. The highest BCUT2D eigenvalue weighted by Gasteiger charge is 2.33. The summed E-state index contributed by atoms with van der Waals surface area (Å²) in [5.41, 5.74) is 3.66. The van der Waals surface area contributed by atoms with E-state index in [1.807, 2.05) is 50.2 Å². The number of fused-ring (bicyclic) bond motifs is 2. The predicted octanol–water partition coefficient (Wildman–Crippen LogP) is 2.55. The number of ether oxygens (including phenoxy) is 1. The molecule has 1 aliphatic rings. The van der Waals surface area contributed by atoms with E-state index in [4.69, 9.17) is 4.74 Å². The zero-order chi connectivity index (χ0) is 21.5. The van der Waals surface area contributed by atoms with E-state index in [9.17, 15) is 9.90 Å². The standard InChI is InChI=1S/C23H23N5O3/c1-14-10-15(2)28-22(25-14)12-19(26-28)23(30)27-9-7-21(20(29)13-27)31-17-5-6-18-16(11-17)4-3-8-24-18/h3-6,8,10-12,20-21,29H,7,9,13H2,1-2H3/t20-,21-/m1/s1. The van der Waals surface area contributed by atoms with Crippen molar-refractivity contribution in [2.45, 2.75) is 32.5 Å². The molecule has 0 spiro atoms. The number of β-amino-alcohol motifs (C(OH)–C–C–N with tert-alkyl or cyclic N) is 1. The predicted molar refractivity (Wildman–Crippen MR) is 115 cm³/mol. The molecule has 1 fully saturated rings. The van der Waals surface area contributed by atoms with Crippen LogP contribution in [0.4, 0.5) is 0 Å². The lowest BCUT2D eigenvalue weighted by molar-refractivity contribution is -0.0200. The Morgan fingerprint density at radius 2 is 2.06 bits per heavy atom. The molecule has 5 rings (SSSR count). The third kappa shape index (κ3) is 3.70. The summed E-state index contributed by atoms with van der Waals surface area (Å²) in [5.74, 6) is 0.471. The summed E-state index contributed by atoms with van der Waals surface area (Å²) in [6, 6.07) is 13.1. The van der Waals surface area contributed by atoms with Gasteiger partial charge in [0, 0.05) is 42.0 Å². The molecule has 8 heteroatoms. The van der Waals surface area contributed by atoms with Crippen molar-refractivity contribution in [1.29, 1.82) is 0 Å². The van der Waals surface area contributed by atoms with Crippen LogP contribution in [-0.4, -0.2) is 60.8 Å². The van der Waals surface area contributed by atoms with Crippen molar-refractivity contribution in [3.8, 4) is 5.75 Å². The number of hydrogen-bond donors (Lipinski definition) is 1. The first kappa shape index (κ1) is 19.4. The molecule has 1 amide bonds. The Hall–Kier alpha value is -3.52. The van der Waals surface area contributed by atoms with Crippen molar-refractivity contribution in [2.75, 3.05) is 13.1 Å². The lowest BCUT2D eigenvalue weighted by Gasteiger charge is -2.35. The molecular formula is C23H23N5O3. The second kappa shape index (κ2) is 7.63. The van der Waals surface area contributed by atoms with Gasteiger partial charge in [-0.1, -0.05) is 6.07 Å². The molecule has 0 radical (unpaired) electrons. The van der Waals surface area contributed by atoms with Crippen LogP contribution in [0.2, 0.25) is 0 Å². The second-order valence-corrected chi connectivity index (χ2v) is 7.96. The van der Waals surface area contributed by atoms with E-state index in [1.165, 1.54) is 0 Å². The fraction of sp³-hybridized carbons (Fsp3) is 0.304. The Labute approximate surface area is 179 Å². The molecule has 158 valence electrons. The largest absolute Gasteiger partial charge is 0.488 e. The van der Waals surface area contributed by atoms with Gasteiger partial charge in [-0.2, -0.15) is 5.10 Å². The fourth-order valence-corrected chi connectivity index (χ4v) is 4.09. The SMILES string of the molecule is Cc1cc(C)n2nc(C(=O)N3CC[C@@H](Oc4ccc5ncccc5c4)[C@H](O)C3)cc2n1. The Kier molecular flexibility index (Phi) is 4.78. The number of benzene rings is 1. The lowest BCUT2D eigenvalue weighted by atomic mass is 10.0. The number of piperidine rings is 1. The van der Waals surface area contributed by atoms with Gasteiger partial charge >= 0.3 is 0 Å². The highest BCUT2D eigenvalue weighted by atomic mass is 16.5. The molecular weight excluding hydrogens is 394 g/mol. The molecule has 0 bridgehead atoms. The third-order valence-corrected chi connectivity index (χ3v) is 5.62. The van der Waals surface area contributed by atoms with Crippen LogP contribution in [0.3, 0.4) is 0 Å². The first-order chi connectivity index (χ1) is 15.0. The Balaban J connectivity index is 1.29. The summed E-state index contributed by atoms with van der Waals surface area (Å²) in [7, 11) is 0. The van der Waals surface area contributed by atoms with Crippen molar-refractivity contribution in [3.05, 3.63) is 65.7 Å². The first-order valence-corrected chi connectivity index (χ1v) is 10.3. The van der Waals surface area contributed by atoms with Crippen LogP contribution in [0.15, 0.2) is 48.7 Å². The zero-order valence-electron chi connectivity index (χ0n) is 17.4. The number of carbonyl (C=O) groups excluding carboxylic acids is 1. The molecule has 1 aromatic carbocycles. The van der Waals surface area contributed by atoms with E-state index in [0.29, 0.717) is 30.1 Å². The minimum Gasteiger partial charge on any atom is -0.488 e. The Morgan fingerprint density at radius 3 is 2.90 bits per heavy atom. The minimum absolute atomic E-state index is 0.192. The van der Waals surface area contributed by atoms with Gasteiger partial charge in [-0.15, -0.1) is 0 Å². The van der Waals surface area contributed by atoms with Crippen LogP contribution in [0.1, 0.15) is 28.3 Å². The molecule has 1 N–H and O–H groups in total. The van der Waals surface area contributed by atoms with E-state index in [-0.39, 0.29) is 18.6 Å². The zero-order valence-corrected chi connectivity index (χ0v) is 17.4. The minimum atomic E-state index is -0.790. The molecule has 31 heavy (non-hydrogen) atoms. The topological polar surface area (TPSA) is 92.9 Å². The summed E-state index contributed by atoms with van der Waals surface area (Å²) >= 11 is 0. The van der Waals surface area contributed by atoms with Crippen LogP contribution in [-0.2, 0) is 0 Å². The number of rotatable bonds is 3. The van der Waals surface area contributed by atoms with Gasteiger partial charge in [0.05, 0.1) is 12.1 Å². The van der Waals surface area contributed by atoms with Gasteiger partial charge in [-0.3, -0.25) is 9.78 Å².